The maximum atomic E-state index is 13.0. The van der Waals surface area contributed by atoms with Crippen molar-refractivity contribution < 1.29 is 31.1 Å². The molecule has 2 heterocycles. The van der Waals surface area contributed by atoms with Gasteiger partial charge in [-0.15, -0.1) is 0 Å². The molecule has 0 unspecified atom stereocenters. The van der Waals surface area contributed by atoms with Crippen molar-refractivity contribution in [3.05, 3.63) is 47.8 Å². The molecular weight excluding hydrogens is 470 g/mol. The largest absolute Gasteiger partial charge is 0.493 e. The van der Waals surface area contributed by atoms with Gasteiger partial charge in [-0.25, -0.2) is 18.2 Å². The van der Waals surface area contributed by atoms with Gasteiger partial charge in [0, 0.05) is 23.9 Å². The molecule has 33 heavy (non-hydrogen) atoms. The van der Waals surface area contributed by atoms with Crippen LogP contribution in [-0.2, 0) is 24.6 Å². The Hall–Kier alpha value is -3.12. The Labute approximate surface area is 192 Å². The summed E-state index contributed by atoms with van der Waals surface area (Å²) in [5.74, 6) is -0.315. The van der Waals surface area contributed by atoms with Gasteiger partial charge in [-0.2, -0.15) is 8.42 Å². The number of aromatic amines is 1. The van der Waals surface area contributed by atoms with Crippen molar-refractivity contribution >= 4 is 42.4 Å². The summed E-state index contributed by atoms with van der Waals surface area (Å²) in [6.07, 6.45) is 2.79. The van der Waals surface area contributed by atoms with E-state index in [-0.39, 0.29) is 41.8 Å². The van der Waals surface area contributed by atoms with E-state index in [4.69, 9.17) is 9.47 Å². The molecule has 3 aromatic rings. The molecule has 2 N–H and O–H groups in total. The highest BCUT2D eigenvalue weighted by atomic mass is 32.2. The fourth-order valence-electron chi connectivity index (χ4n) is 3.16. The summed E-state index contributed by atoms with van der Waals surface area (Å²) >= 11 is 0. The van der Waals surface area contributed by atoms with Gasteiger partial charge in [0.25, 0.3) is 10.0 Å². The van der Waals surface area contributed by atoms with Gasteiger partial charge < -0.3 is 14.5 Å². The number of carbonyl (C=O) groups excluding carboxylic acids is 1. The topological polar surface area (TPSA) is 145 Å². The lowest BCUT2D eigenvalue weighted by Crippen LogP contribution is -2.16. The summed E-state index contributed by atoms with van der Waals surface area (Å²) < 4.78 is 61.9. The van der Waals surface area contributed by atoms with Crippen molar-refractivity contribution in [2.75, 3.05) is 29.9 Å². The van der Waals surface area contributed by atoms with Crippen LogP contribution in [0.25, 0.3) is 10.9 Å². The molecule has 0 aliphatic carbocycles. The molecule has 10 nitrogen and oxygen atoms in total. The second-order valence-electron chi connectivity index (χ2n) is 7.40. The Morgan fingerprint density at radius 1 is 1.18 bits per heavy atom. The fraction of sp³-hybridized carbons (Fsp3) is 0.333. The van der Waals surface area contributed by atoms with E-state index < -0.39 is 25.8 Å². The summed E-state index contributed by atoms with van der Waals surface area (Å²) in [7, 11) is -7.18. The molecule has 0 atom stereocenters. The van der Waals surface area contributed by atoms with Crippen molar-refractivity contribution in [2.24, 2.45) is 0 Å². The van der Waals surface area contributed by atoms with Gasteiger partial charge >= 0.3 is 5.97 Å². The number of H-pyrrole nitrogens is 1. The highest BCUT2D eigenvalue weighted by Crippen LogP contribution is 2.32. The zero-order valence-corrected chi connectivity index (χ0v) is 20.0. The van der Waals surface area contributed by atoms with E-state index in [1.165, 1.54) is 18.3 Å². The molecule has 0 aliphatic heterocycles. The van der Waals surface area contributed by atoms with E-state index in [9.17, 15) is 21.6 Å². The lowest BCUT2D eigenvalue weighted by molar-refractivity contribution is 0.0520. The van der Waals surface area contributed by atoms with Gasteiger partial charge in [-0.1, -0.05) is 6.07 Å². The summed E-state index contributed by atoms with van der Waals surface area (Å²) in [6.45, 7) is 3.60. The van der Waals surface area contributed by atoms with Crippen LogP contribution in [0.15, 0.2) is 41.6 Å². The third-order valence-electron chi connectivity index (χ3n) is 4.59. The Kier molecular flexibility index (Phi) is 7.28. The van der Waals surface area contributed by atoms with E-state index in [1.54, 1.807) is 32.0 Å². The first-order valence-corrected chi connectivity index (χ1v) is 13.6. The Morgan fingerprint density at radius 2 is 1.94 bits per heavy atom. The molecule has 0 amide bonds. The second-order valence-corrected chi connectivity index (χ2v) is 11.3. The van der Waals surface area contributed by atoms with Gasteiger partial charge in [0.15, 0.2) is 5.03 Å². The Morgan fingerprint density at radius 3 is 2.61 bits per heavy atom. The predicted molar refractivity (Wildman–Crippen MR) is 124 cm³/mol. The average molecular weight is 496 g/mol. The molecule has 12 heteroatoms. The molecule has 0 saturated carbocycles. The van der Waals surface area contributed by atoms with Crippen LogP contribution in [-0.4, -0.2) is 58.0 Å². The van der Waals surface area contributed by atoms with Gasteiger partial charge in [-0.3, -0.25) is 4.72 Å². The van der Waals surface area contributed by atoms with E-state index in [0.29, 0.717) is 22.2 Å². The Balaban J connectivity index is 1.99. The monoisotopic (exact) mass is 495 g/mol. The molecule has 0 fully saturated rings. The van der Waals surface area contributed by atoms with Gasteiger partial charge in [0.05, 0.1) is 30.2 Å². The van der Waals surface area contributed by atoms with Crippen molar-refractivity contribution in [3.63, 3.8) is 0 Å². The first-order chi connectivity index (χ1) is 15.5. The number of fused-ring (bicyclic) bond motifs is 1. The van der Waals surface area contributed by atoms with Gasteiger partial charge in [0.2, 0.25) is 0 Å². The molecule has 0 bridgehead atoms. The summed E-state index contributed by atoms with van der Waals surface area (Å²) in [5.41, 5.74) is 1.12. The van der Waals surface area contributed by atoms with Crippen molar-refractivity contribution in [1.82, 2.24) is 9.97 Å². The summed E-state index contributed by atoms with van der Waals surface area (Å²) in [4.78, 5) is 19.0. The normalized spacial score (nSPS) is 12.0. The third kappa shape index (κ3) is 6.23. The van der Waals surface area contributed by atoms with Crippen molar-refractivity contribution in [1.29, 1.82) is 0 Å². The zero-order chi connectivity index (χ0) is 24.2. The predicted octanol–water partition coefficient (Wildman–Crippen LogP) is 2.66. The molecule has 0 spiro atoms. The number of nitrogens with one attached hydrogen (secondary N) is 2. The van der Waals surface area contributed by atoms with E-state index in [1.807, 2.05) is 0 Å². The van der Waals surface area contributed by atoms with Crippen LogP contribution in [0, 0.1) is 6.92 Å². The molecule has 1 aromatic carbocycles. The van der Waals surface area contributed by atoms with Crippen LogP contribution < -0.4 is 9.46 Å². The minimum Gasteiger partial charge on any atom is -0.493 e. The number of aromatic nitrogens is 2. The average Bonchev–Trinajstić information content (AvgIpc) is 3.15. The Bertz CT molecular complexity index is 1380. The smallest absolute Gasteiger partial charge is 0.354 e. The number of carbonyl (C=O) groups is 1. The number of hydrogen-bond donors (Lipinski definition) is 2. The fourth-order valence-corrected chi connectivity index (χ4v) is 5.04. The number of ether oxygens (including phenoxy) is 2. The molecule has 0 radical (unpaired) electrons. The summed E-state index contributed by atoms with van der Waals surface area (Å²) in [6, 6.07) is 7.88. The summed E-state index contributed by atoms with van der Waals surface area (Å²) in [5, 5.41) is 0.379. The number of rotatable bonds is 10. The number of anilines is 1. The van der Waals surface area contributed by atoms with E-state index in [0.717, 1.165) is 6.26 Å². The number of aryl methyl sites for hydroxylation is 1. The number of nitrogens with zero attached hydrogens (tertiary/aromatic N) is 1. The molecule has 3 rings (SSSR count). The minimum absolute atomic E-state index is 0.0369. The number of sulfonamides is 1. The lowest BCUT2D eigenvalue weighted by atomic mass is 10.2. The molecule has 178 valence electrons. The number of benzene rings is 1. The maximum Gasteiger partial charge on any atom is 0.354 e. The van der Waals surface area contributed by atoms with Crippen LogP contribution in [0.2, 0.25) is 0 Å². The molecule has 2 aromatic heterocycles. The quantitative estimate of drug-likeness (QED) is 0.323. The number of esters is 1. The van der Waals surface area contributed by atoms with Gasteiger partial charge in [0.1, 0.15) is 21.3 Å². The van der Waals surface area contributed by atoms with Crippen molar-refractivity contribution in [2.45, 2.75) is 25.3 Å². The number of pyridine rings is 1. The highest BCUT2D eigenvalue weighted by Gasteiger charge is 2.22. The third-order valence-corrected chi connectivity index (χ3v) is 7.04. The maximum absolute atomic E-state index is 13.0. The highest BCUT2D eigenvalue weighted by molar-refractivity contribution is 7.92. The number of hydrogen-bond acceptors (Lipinski definition) is 8. The van der Waals surface area contributed by atoms with Crippen LogP contribution in [0.5, 0.6) is 5.75 Å². The first kappa shape index (κ1) is 24.5. The van der Waals surface area contributed by atoms with E-state index in [2.05, 4.69) is 14.7 Å². The molecular formula is C21H25N3O7S2. The van der Waals surface area contributed by atoms with Crippen LogP contribution in [0.4, 0.5) is 5.69 Å². The first-order valence-electron chi connectivity index (χ1n) is 10.1. The van der Waals surface area contributed by atoms with E-state index >= 15 is 0 Å². The zero-order valence-electron chi connectivity index (χ0n) is 18.4. The second kappa shape index (κ2) is 9.79. The molecule has 0 saturated heterocycles. The standard InChI is InChI=1S/C21H25N3O7S2/c1-4-30-21(25)18-12-15-11-16(31-9-6-10-32(3,26)27)13-17(19(15)23-18)24-33(28,29)20-14(2)7-5-8-22-20/h5,7-8,11-13,23-24H,4,6,9-10H2,1-3H3. The van der Waals surface area contributed by atoms with Gasteiger partial charge in [-0.05, 0) is 44.0 Å². The minimum atomic E-state index is -4.05. The van der Waals surface area contributed by atoms with Crippen molar-refractivity contribution in [3.8, 4) is 5.75 Å². The lowest BCUT2D eigenvalue weighted by Gasteiger charge is -2.13. The van der Waals surface area contributed by atoms with Crippen LogP contribution >= 0.6 is 0 Å². The SMILES string of the molecule is CCOC(=O)c1cc2cc(OCCCS(C)(=O)=O)cc(NS(=O)(=O)c3ncccc3C)c2[nH]1. The van der Waals surface area contributed by atoms with Crippen LogP contribution in [0.3, 0.4) is 0 Å². The number of sulfone groups is 1. The molecule has 0 aliphatic rings. The van der Waals surface area contributed by atoms with Crippen LogP contribution in [0.1, 0.15) is 29.4 Å².